The summed E-state index contributed by atoms with van der Waals surface area (Å²) in [5.41, 5.74) is 6.57. The molecule has 1 aliphatic carbocycles. The first-order valence-corrected chi connectivity index (χ1v) is 8.70. The molecule has 3 unspecified atom stereocenters. The molecule has 0 bridgehead atoms. The number of ether oxygens (including phenoxy) is 1. The summed E-state index contributed by atoms with van der Waals surface area (Å²) in [6.45, 7) is 10.8. The van der Waals surface area contributed by atoms with Gasteiger partial charge in [-0.2, -0.15) is 0 Å². The summed E-state index contributed by atoms with van der Waals surface area (Å²) in [4.78, 5) is 2.71. The topological polar surface area (TPSA) is 38.5 Å². The van der Waals surface area contributed by atoms with Crippen LogP contribution in [0.1, 0.15) is 59.3 Å². The maximum Gasteiger partial charge on any atom is 0.0702 e. The number of piperidine rings is 1. The third-order valence-corrected chi connectivity index (χ3v) is 5.63. The molecule has 2 N–H and O–H groups in total. The molecule has 3 nitrogen and oxygen atoms in total. The molecular formula is C17H34N2O. The minimum absolute atomic E-state index is 0.238. The van der Waals surface area contributed by atoms with Crippen LogP contribution < -0.4 is 5.73 Å². The van der Waals surface area contributed by atoms with Crippen LogP contribution >= 0.6 is 0 Å². The fraction of sp³-hybridized carbons (Fsp3) is 1.00. The van der Waals surface area contributed by atoms with Gasteiger partial charge in [0, 0.05) is 25.2 Å². The van der Waals surface area contributed by atoms with Crippen molar-refractivity contribution in [3.8, 4) is 0 Å². The molecule has 0 aromatic heterocycles. The Morgan fingerprint density at radius 3 is 2.70 bits per heavy atom. The lowest BCUT2D eigenvalue weighted by atomic mass is 9.66. The molecule has 1 saturated heterocycles. The van der Waals surface area contributed by atoms with Crippen LogP contribution in [0, 0.1) is 11.8 Å². The third-order valence-electron chi connectivity index (χ3n) is 5.63. The Kier molecular flexibility index (Phi) is 5.88. The van der Waals surface area contributed by atoms with Crippen LogP contribution in [0.4, 0.5) is 0 Å². The predicted molar refractivity (Wildman–Crippen MR) is 84.8 cm³/mol. The van der Waals surface area contributed by atoms with E-state index in [2.05, 4.69) is 25.7 Å². The Labute approximate surface area is 125 Å². The number of rotatable bonds is 5. The summed E-state index contributed by atoms with van der Waals surface area (Å²) in [6, 6.07) is 0. The highest BCUT2D eigenvalue weighted by Gasteiger charge is 2.46. The van der Waals surface area contributed by atoms with E-state index in [-0.39, 0.29) is 5.54 Å². The molecule has 1 aliphatic heterocycles. The molecule has 3 heteroatoms. The first-order valence-electron chi connectivity index (χ1n) is 8.70. The minimum atomic E-state index is 0.238. The molecule has 0 aromatic carbocycles. The zero-order valence-corrected chi connectivity index (χ0v) is 13.7. The van der Waals surface area contributed by atoms with Gasteiger partial charge in [0.2, 0.25) is 0 Å². The lowest BCUT2D eigenvalue weighted by Gasteiger charge is -2.54. The molecule has 2 rings (SSSR count). The van der Waals surface area contributed by atoms with Gasteiger partial charge in [0.1, 0.15) is 0 Å². The monoisotopic (exact) mass is 282 g/mol. The van der Waals surface area contributed by atoms with E-state index in [9.17, 15) is 0 Å². The molecule has 0 amide bonds. The van der Waals surface area contributed by atoms with Gasteiger partial charge in [0.05, 0.1) is 6.10 Å². The molecule has 1 heterocycles. The zero-order valence-electron chi connectivity index (χ0n) is 13.7. The second-order valence-corrected chi connectivity index (χ2v) is 7.07. The molecule has 0 aromatic rings. The van der Waals surface area contributed by atoms with Gasteiger partial charge in [-0.25, -0.2) is 0 Å². The largest absolute Gasteiger partial charge is 0.377 e. The lowest BCUT2D eigenvalue weighted by molar-refractivity contribution is -0.0730. The van der Waals surface area contributed by atoms with E-state index in [4.69, 9.17) is 10.5 Å². The van der Waals surface area contributed by atoms with Crippen LogP contribution in [0.25, 0.3) is 0 Å². The van der Waals surface area contributed by atoms with Crippen LogP contribution in [-0.4, -0.2) is 42.8 Å². The maximum atomic E-state index is 6.33. The Morgan fingerprint density at radius 2 is 2.05 bits per heavy atom. The fourth-order valence-corrected chi connectivity index (χ4v) is 4.69. The quantitative estimate of drug-likeness (QED) is 0.842. The summed E-state index contributed by atoms with van der Waals surface area (Å²) in [5.74, 6) is 1.48. The van der Waals surface area contributed by atoms with Crippen molar-refractivity contribution in [2.75, 3.05) is 26.2 Å². The zero-order chi connectivity index (χ0) is 14.6. The van der Waals surface area contributed by atoms with Crippen molar-refractivity contribution in [3.05, 3.63) is 0 Å². The summed E-state index contributed by atoms with van der Waals surface area (Å²) in [6.07, 6.45) is 8.26. The molecule has 2 aliphatic rings. The Balaban J connectivity index is 2.15. The van der Waals surface area contributed by atoms with Crippen molar-refractivity contribution in [2.24, 2.45) is 17.6 Å². The molecule has 0 radical (unpaired) electrons. The smallest absolute Gasteiger partial charge is 0.0702 e. The number of nitrogens with two attached hydrogens (primary N) is 1. The van der Waals surface area contributed by atoms with E-state index < -0.39 is 0 Å². The highest BCUT2D eigenvalue weighted by Crippen LogP contribution is 2.43. The van der Waals surface area contributed by atoms with Crippen LogP contribution in [0.15, 0.2) is 0 Å². The highest BCUT2D eigenvalue weighted by molar-refractivity contribution is 5.02. The van der Waals surface area contributed by atoms with E-state index in [1.165, 1.54) is 45.1 Å². The Bertz CT molecular complexity index is 293. The van der Waals surface area contributed by atoms with Gasteiger partial charge in [-0.05, 0) is 51.0 Å². The van der Waals surface area contributed by atoms with Gasteiger partial charge in [-0.3, -0.25) is 4.90 Å². The van der Waals surface area contributed by atoms with Gasteiger partial charge < -0.3 is 10.5 Å². The molecule has 1 saturated carbocycles. The van der Waals surface area contributed by atoms with Crippen molar-refractivity contribution in [3.63, 3.8) is 0 Å². The normalized spacial score (nSPS) is 36.5. The lowest BCUT2D eigenvalue weighted by Crippen LogP contribution is -2.63. The van der Waals surface area contributed by atoms with Crippen LogP contribution in [0.5, 0.6) is 0 Å². The van der Waals surface area contributed by atoms with Crippen LogP contribution in [-0.2, 0) is 4.74 Å². The van der Waals surface area contributed by atoms with Crippen molar-refractivity contribution in [1.29, 1.82) is 0 Å². The SMILES string of the molecule is CCOC1CCCN(C2(CN)CCCCC2C(C)C)C1. The van der Waals surface area contributed by atoms with E-state index in [0.717, 1.165) is 31.5 Å². The standard InChI is InChI=1S/C17H34N2O/c1-4-20-15-8-7-11-19(12-15)17(13-18)10-6-5-9-16(17)14(2)3/h14-16H,4-13,18H2,1-3H3. The molecule has 20 heavy (non-hydrogen) atoms. The third kappa shape index (κ3) is 3.20. The van der Waals surface area contributed by atoms with Crippen LogP contribution in [0.2, 0.25) is 0 Å². The average Bonchev–Trinajstić information content (AvgIpc) is 2.47. The molecular weight excluding hydrogens is 248 g/mol. The number of nitrogens with zero attached hydrogens (tertiary/aromatic N) is 1. The predicted octanol–water partition coefficient (Wildman–Crippen LogP) is 3.03. The average molecular weight is 282 g/mol. The fourth-order valence-electron chi connectivity index (χ4n) is 4.69. The molecule has 2 fully saturated rings. The summed E-state index contributed by atoms with van der Waals surface area (Å²) >= 11 is 0. The van der Waals surface area contributed by atoms with Crippen molar-refractivity contribution < 1.29 is 4.74 Å². The Morgan fingerprint density at radius 1 is 1.25 bits per heavy atom. The van der Waals surface area contributed by atoms with Gasteiger partial charge in [-0.15, -0.1) is 0 Å². The van der Waals surface area contributed by atoms with Gasteiger partial charge in [-0.1, -0.05) is 26.7 Å². The molecule has 0 spiro atoms. The first-order chi connectivity index (χ1) is 9.64. The number of hydrogen-bond donors (Lipinski definition) is 1. The summed E-state index contributed by atoms with van der Waals surface area (Å²) in [5, 5.41) is 0. The molecule has 118 valence electrons. The van der Waals surface area contributed by atoms with E-state index in [0.29, 0.717) is 6.10 Å². The highest BCUT2D eigenvalue weighted by atomic mass is 16.5. The maximum absolute atomic E-state index is 6.33. The van der Waals surface area contributed by atoms with E-state index >= 15 is 0 Å². The van der Waals surface area contributed by atoms with Gasteiger partial charge in [0.25, 0.3) is 0 Å². The Hall–Kier alpha value is -0.120. The number of likely N-dealkylation sites (tertiary alicyclic amines) is 1. The minimum Gasteiger partial charge on any atom is -0.377 e. The van der Waals surface area contributed by atoms with Crippen molar-refractivity contribution in [1.82, 2.24) is 4.90 Å². The summed E-state index contributed by atoms with van der Waals surface area (Å²) < 4.78 is 5.91. The van der Waals surface area contributed by atoms with E-state index in [1.54, 1.807) is 0 Å². The number of hydrogen-bond acceptors (Lipinski definition) is 3. The summed E-state index contributed by atoms with van der Waals surface area (Å²) in [7, 11) is 0. The van der Waals surface area contributed by atoms with E-state index in [1.807, 2.05) is 0 Å². The van der Waals surface area contributed by atoms with Crippen LogP contribution in [0.3, 0.4) is 0 Å². The van der Waals surface area contributed by atoms with Gasteiger partial charge >= 0.3 is 0 Å². The van der Waals surface area contributed by atoms with Crippen molar-refractivity contribution in [2.45, 2.75) is 70.9 Å². The second kappa shape index (κ2) is 7.24. The second-order valence-electron chi connectivity index (χ2n) is 7.07. The first kappa shape index (κ1) is 16.3. The van der Waals surface area contributed by atoms with Crippen molar-refractivity contribution >= 4 is 0 Å². The molecule has 3 atom stereocenters. The van der Waals surface area contributed by atoms with Gasteiger partial charge in [0.15, 0.2) is 0 Å².